The van der Waals surface area contributed by atoms with Gasteiger partial charge in [0.15, 0.2) is 0 Å². The molecule has 2 aromatic rings. The quantitative estimate of drug-likeness (QED) is 0.750. The highest BCUT2D eigenvalue weighted by Gasteiger charge is 2.12. The van der Waals surface area contributed by atoms with Crippen molar-refractivity contribution < 1.29 is 19.1 Å². The number of rotatable bonds is 6. The molecule has 0 aromatic carbocycles. The number of nitrogens with zero attached hydrogens (tertiary/aromatic N) is 3. The summed E-state index contributed by atoms with van der Waals surface area (Å²) in [7, 11) is 0. The molecule has 0 aliphatic rings. The maximum Gasteiger partial charge on any atom is 0.313 e. The van der Waals surface area contributed by atoms with Crippen LogP contribution in [-0.4, -0.2) is 26.9 Å². The van der Waals surface area contributed by atoms with E-state index in [0.29, 0.717) is 5.69 Å². The van der Waals surface area contributed by atoms with E-state index >= 15 is 0 Å². The van der Waals surface area contributed by atoms with Crippen LogP contribution in [0.4, 0.5) is 0 Å². The Morgan fingerprint density at radius 1 is 0.958 bits per heavy atom. The summed E-state index contributed by atoms with van der Waals surface area (Å²) in [4.78, 5) is 35.9. The molecule has 0 atom stereocenters. The topological polar surface area (TPSA) is 91.3 Å². The Morgan fingerprint density at radius 2 is 1.67 bits per heavy atom. The number of pyridine rings is 1. The lowest BCUT2D eigenvalue weighted by Crippen LogP contribution is -2.13. The summed E-state index contributed by atoms with van der Waals surface area (Å²) in [6, 6.07) is 4.99. The number of aryl methyl sites for hydroxylation is 3. The zero-order chi connectivity index (χ0) is 17.5. The van der Waals surface area contributed by atoms with Gasteiger partial charge in [-0.15, -0.1) is 0 Å². The smallest absolute Gasteiger partial charge is 0.313 e. The molecule has 0 N–H and O–H groups in total. The Bertz CT molecular complexity index is 732. The molecule has 0 bridgehead atoms. The summed E-state index contributed by atoms with van der Waals surface area (Å²) in [5, 5.41) is 0. The first-order valence-corrected chi connectivity index (χ1v) is 7.53. The van der Waals surface area contributed by atoms with Crippen molar-refractivity contribution in [1.29, 1.82) is 0 Å². The molecule has 2 heterocycles. The van der Waals surface area contributed by atoms with Gasteiger partial charge in [0.2, 0.25) is 5.88 Å². The molecule has 7 heteroatoms. The van der Waals surface area contributed by atoms with E-state index in [2.05, 4.69) is 15.0 Å². The van der Waals surface area contributed by atoms with Crippen LogP contribution in [0.5, 0.6) is 5.88 Å². The first kappa shape index (κ1) is 17.5. The molecule has 0 unspecified atom stereocenters. The highest BCUT2D eigenvalue weighted by molar-refractivity contribution is 5.78. The number of esters is 2. The van der Waals surface area contributed by atoms with Crippen LogP contribution in [0.3, 0.4) is 0 Å². The van der Waals surface area contributed by atoms with Crippen LogP contribution < -0.4 is 4.74 Å². The minimum atomic E-state index is -0.534. The zero-order valence-electron chi connectivity index (χ0n) is 13.9. The maximum absolute atomic E-state index is 11.7. The first-order valence-electron chi connectivity index (χ1n) is 7.53. The normalized spacial score (nSPS) is 10.3. The van der Waals surface area contributed by atoms with E-state index in [1.807, 2.05) is 20.8 Å². The van der Waals surface area contributed by atoms with Crippen LogP contribution >= 0.6 is 0 Å². The van der Waals surface area contributed by atoms with Gasteiger partial charge < -0.3 is 9.47 Å². The van der Waals surface area contributed by atoms with Crippen LogP contribution in [-0.2, 0) is 20.9 Å². The van der Waals surface area contributed by atoms with Gasteiger partial charge in [-0.3, -0.25) is 19.6 Å². The standard InChI is InChI=1S/C17H19N3O4/c1-11-12(2)20-14(13(3)19-11)10-23-16(21)7-8-17(22)24-15-6-4-5-9-18-15/h4-6,9H,7-8,10H2,1-3H3. The molecule has 0 fully saturated rings. The van der Waals surface area contributed by atoms with Crippen molar-refractivity contribution in [2.75, 3.05) is 0 Å². The number of hydrogen-bond acceptors (Lipinski definition) is 7. The fourth-order valence-electron chi connectivity index (χ4n) is 1.90. The molecule has 0 amide bonds. The van der Waals surface area contributed by atoms with Crippen molar-refractivity contribution in [3.63, 3.8) is 0 Å². The number of carbonyl (C=O) groups excluding carboxylic acids is 2. The van der Waals surface area contributed by atoms with E-state index in [4.69, 9.17) is 9.47 Å². The second-order valence-corrected chi connectivity index (χ2v) is 5.23. The molecule has 2 aromatic heterocycles. The van der Waals surface area contributed by atoms with Gasteiger partial charge in [-0.1, -0.05) is 6.07 Å². The van der Waals surface area contributed by atoms with Crippen LogP contribution in [0.25, 0.3) is 0 Å². The van der Waals surface area contributed by atoms with Gasteiger partial charge in [0, 0.05) is 12.3 Å². The van der Waals surface area contributed by atoms with Crippen molar-refractivity contribution in [2.45, 2.75) is 40.2 Å². The van der Waals surface area contributed by atoms with Gasteiger partial charge in [0.05, 0.1) is 35.6 Å². The Hall–Kier alpha value is -2.83. The summed E-state index contributed by atoms with van der Waals surface area (Å²) in [5.41, 5.74) is 2.98. The van der Waals surface area contributed by atoms with Gasteiger partial charge in [-0.05, 0) is 26.8 Å². The molecule has 0 spiro atoms. The first-order chi connectivity index (χ1) is 11.5. The summed E-state index contributed by atoms with van der Waals surface area (Å²) in [5.74, 6) is -0.822. The molecular weight excluding hydrogens is 310 g/mol. The highest BCUT2D eigenvalue weighted by atomic mass is 16.5. The van der Waals surface area contributed by atoms with Crippen LogP contribution in [0.2, 0.25) is 0 Å². The largest absolute Gasteiger partial charge is 0.459 e. The molecule has 7 nitrogen and oxygen atoms in total. The number of hydrogen-bond donors (Lipinski definition) is 0. The van der Waals surface area contributed by atoms with Crippen LogP contribution in [0.1, 0.15) is 35.6 Å². The lowest BCUT2D eigenvalue weighted by atomic mass is 10.2. The average Bonchev–Trinajstić information content (AvgIpc) is 2.56. The van der Waals surface area contributed by atoms with Crippen LogP contribution in [0, 0.1) is 20.8 Å². The number of aromatic nitrogens is 3. The molecule has 0 aliphatic heterocycles. The molecule has 0 radical (unpaired) electrons. The SMILES string of the molecule is Cc1nc(C)c(COC(=O)CCC(=O)Oc2ccccn2)nc1C. The van der Waals surface area contributed by atoms with E-state index in [-0.39, 0.29) is 25.3 Å². The zero-order valence-corrected chi connectivity index (χ0v) is 13.9. The molecular formula is C17H19N3O4. The van der Waals surface area contributed by atoms with Gasteiger partial charge in [0.25, 0.3) is 0 Å². The minimum Gasteiger partial charge on any atom is -0.459 e. The predicted octanol–water partition coefficient (Wildman–Crippen LogP) is 2.23. The molecule has 126 valence electrons. The Morgan fingerprint density at radius 3 is 2.38 bits per heavy atom. The van der Waals surface area contributed by atoms with E-state index in [1.165, 1.54) is 6.20 Å². The molecule has 24 heavy (non-hydrogen) atoms. The fraction of sp³-hybridized carbons (Fsp3) is 0.353. The van der Waals surface area contributed by atoms with E-state index < -0.39 is 11.9 Å². The van der Waals surface area contributed by atoms with Gasteiger partial charge in [-0.2, -0.15) is 0 Å². The lowest BCUT2D eigenvalue weighted by Gasteiger charge is -2.09. The summed E-state index contributed by atoms with van der Waals surface area (Å²) < 4.78 is 10.1. The van der Waals surface area contributed by atoms with Gasteiger partial charge in [-0.25, -0.2) is 4.98 Å². The Kier molecular flexibility index (Phi) is 5.95. The maximum atomic E-state index is 11.7. The van der Waals surface area contributed by atoms with Crippen molar-refractivity contribution >= 4 is 11.9 Å². The summed E-state index contributed by atoms with van der Waals surface area (Å²) >= 11 is 0. The second-order valence-electron chi connectivity index (χ2n) is 5.23. The number of ether oxygens (including phenoxy) is 2. The van der Waals surface area contributed by atoms with E-state index in [1.54, 1.807) is 18.2 Å². The Labute approximate surface area is 140 Å². The third-order valence-corrected chi connectivity index (χ3v) is 3.34. The highest BCUT2D eigenvalue weighted by Crippen LogP contribution is 2.10. The predicted molar refractivity (Wildman–Crippen MR) is 85.1 cm³/mol. The molecule has 0 saturated carbocycles. The molecule has 2 rings (SSSR count). The fourth-order valence-corrected chi connectivity index (χ4v) is 1.90. The van der Waals surface area contributed by atoms with E-state index in [9.17, 15) is 9.59 Å². The summed E-state index contributed by atoms with van der Waals surface area (Å²) in [6.45, 7) is 5.57. The van der Waals surface area contributed by atoms with Gasteiger partial charge in [0.1, 0.15) is 6.61 Å². The summed E-state index contributed by atoms with van der Waals surface area (Å²) in [6.07, 6.45) is 1.37. The Balaban J connectivity index is 1.77. The third kappa shape index (κ3) is 5.12. The molecule has 0 saturated heterocycles. The lowest BCUT2D eigenvalue weighted by molar-refractivity contribution is -0.148. The third-order valence-electron chi connectivity index (χ3n) is 3.34. The monoisotopic (exact) mass is 329 g/mol. The number of carbonyl (C=O) groups is 2. The van der Waals surface area contributed by atoms with Crippen LogP contribution in [0.15, 0.2) is 24.4 Å². The second kappa shape index (κ2) is 8.14. The van der Waals surface area contributed by atoms with Crippen molar-refractivity contribution in [3.8, 4) is 5.88 Å². The van der Waals surface area contributed by atoms with Gasteiger partial charge >= 0.3 is 11.9 Å². The molecule has 0 aliphatic carbocycles. The van der Waals surface area contributed by atoms with Crippen molar-refractivity contribution in [3.05, 3.63) is 47.2 Å². The minimum absolute atomic E-state index is 0.0358. The van der Waals surface area contributed by atoms with Crippen molar-refractivity contribution in [1.82, 2.24) is 15.0 Å². The average molecular weight is 329 g/mol. The van der Waals surface area contributed by atoms with Crippen molar-refractivity contribution in [2.24, 2.45) is 0 Å². The van der Waals surface area contributed by atoms with E-state index in [0.717, 1.165) is 17.1 Å².